The molecule has 4 N–H and O–H groups in total. The molecule has 1 aromatic heterocycles. The molecule has 17 heavy (non-hydrogen) atoms. The van der Waals surface area contributed by atoms with E-state index in [1.165, 1.54) is 0 Å². The SMILES string of the molecule is NC1CCN(c2cnnc(NCCCO)c2)C1. The van der Waals surface area contributed by atoms with Crippen LogP contribution in [0.5, 0.6) is 0 Å². The summed E-state index contributed by atoms with van der Waals surface area (Å²) in [5.74, 6) is 0.747. The largest absolute Gasteiger partial charge is 0.396 e. The molecule has 1 aliphatic rings. The van der Waals surface area contributed by atoms with Crippen LogP contribution in [0.25, 0.3) is 0 Å². The van der Waals surface area contributed by atoms with E-state index in [1.807, 2.05) is 6.07 Å². The zero-order valence-electron chi connectivity index (χ0n) is 9.84. The molecule has 0 amide bonds. The molecule has 1 saturated heterocycles. The maximum Gasteiger partial charge on any atom is 0.150 e. The number of aromatic nitrogens is 2. The van der Waals surface area contributed by atoms with E-state index in [-0.39, 0.29) is 12.6 Å². The van der Waals surface area contributed by atoms with Gasteiger partial charge in [0.05, 0.1) is 11.9 Å². The molecule has 6 heteroatoms. The van der Waals surface area contributed by atoms with Gasteiger partial charge in [-0.2, -0.15) is 5.10 Å². The lowest BCUT2D eigenvalue weighted by molar-refractivity contribution is 0.292. The highest BCUT2D eigenvalue weighted by Crippen LogP contribution is 2.20. The third-order valence-electron chi connectivity index (χ3n) is 2.87. The first-order valence-electron chi connectivity index (χ1n) is 5.97. The summed E-state index contributed by atoms with van der Waals surface area (Å²) in [5, 5.41) is 19.8. The highest BCUT2D eigenvalue weighted by molar-refractivity contribution is 5.52. The van der Waals surface area contributed by atoms with Crippen molar-refractivity contribution in [3.05, 3.63) is 12.3 Å². The van der Waals surface area contributed by atoms with Gasteiger partial charge in [-0.25, -0.2) is 0 Å². The van der Waals surface area contributed by atoms with E-state index >= 15 is 0 Å². The van der Waals surface area contributed by atoms with Gasteiger partial charge in [0.25, 0.3) is 0 Å². The van der Waals surface area contributed by atoms with Crippen LogP contribution < -0.4 is 16.0 Å². The molecule has 0 aliphatic carbocycles. The van der Waals surface area contributed by atoms with Crippen LogP contribution in [0.1, 0.15) is 12.8 Å². The Hall–Kier alpha value is -1.40. The lowest BCUT2D eigenvalue weighted by Crippen LogP contribution is -2.26. The second-order valence-electron chi connectivity index (χ2n) is 4.30. The van der Waals surface area contributed by atoms with Crippen molar-refractivity contribution in [3.63, 3.8) is 0 Å². The van der Waals surface area contributed by atoms with Crippen LogP contribution in [-0.4, -0.2) is 47.6 Å². The lowest BCUT2D eigenvalue weighted by atomic mass is 10.3. The predicted octanol–water partition coefficient (Wildman–Crippen LogP) is -0.192. The Labute approximate surface area is 101 Å². The van der Waals surface area contributed by atoms with Crippen LogP contribution in [0.2, 0.25) is 0 Å². The van der Waals surface area contributed by atoms with Gasteiger partial charge in [-0.3, -0.25) is 0 Å². The number of nitrogens with two attached hydrogens (primary N) is 1. The maximum absolute atomic E-state index is 8.70. The number of anilines is 2. The minimum Gasteiger partial charge on any atom is -0.396 e. The van der Waals surface area contributed by atoms with Gasteiger partial charge in [-0.05, 0) is 12.8 Å². The van der Waals surface area contributed by atoms with E-state index < -0.39 is 0 Å². The molecular weight excluding hydrogens is 218 g/mol. The molecule has 94 valence electrons. The van der Waals surface area contributed by atoms with Gasteiger partial charge < -0.3 is 21.1 Å². The van der Waals surface area contributed by atoms with Crippen LogP contribution in [0.4, 0.5) is 11.5 Å². The van der Waals surface area contributed by atoms with Crippen LogP contribution >= 0.6 is 0 Å². The second kappa shape index (κ2) is 5.79. The Morgan fingerprint density at radius 1 is 1.59 bits per heavy atom. The Balaban J connectivity index is 1.96. The molecule has 1 unspecified atom stereocenters. The normalized spacial score (nSPS) is 19.6. The van der Waals surface area contributed by atoms with Crippen LogP contribution in [-0.2, 0) is 0 Å². The van der Waals surface area contributed by atoms with Gasteiger partial charge in [0.1, 0.15) is 0 Å². The molecule has 1 fully saturated rings. The fraction of sp³-hybridized carbons (Fsp3) is 0.636. The molecule has 0 saturated carbocycles. The lowest BCUT2D eigenvalue weighted by Gasteiger charge is -2.17. The molecule has 0 bridgehead atoms. The van der Waals surface area contributed by atoms with Crippen molar-refractivity contribution in [1.29, 1.82) is 0 Å². The Bertz CT molecular complexity index is 359. The van der Waals surface area contributed by atoms with E-state index in [0.717, 1.165) is 31.0 Å². The van der Waals surface area contributed by atoms with E-state index in [4.69, 9.17) is 10.8 Å². The standard InChI is InChI=1S/C11H19N5O/c12-9-2-4-16(8-9)10-6-11(15-14-7-10)13-3-1-5-17/h6-7,9,17H,1-5,8,12H2,(H,13,15). The quantitative estimate of drug-likeness (QED) is 0.615. The molecule has 2 heterocycles. The second-order valence-corrected chi connectivity index (χ2v) is 4.30. The smallest absolute Gasteiger partial charge is 0.150 e. The topological polar surface area (TPSA) is 87.3 Å². The van der Waals surface area contributed by atoms with E-state index in [2.05, 4.69) is 20.4 Å². The molecular formula is C11H19N5O. The summed E-state index contributed by atoms with van der Waals surface area (Å²) < 4.78 is 0. The first-order chi connectivity index (χ1) is 8.29. The van der Waals surface area contributed by atoms with Crippen LogP contribution in [0, 0.1) is 0 Å². The Kier molecular flexibility index (Phi) is 4.11. The number of rotatable bonds is 5. The van der Waals surface area contributed by atoms with Crippen molar-refractivity contribution < 1.29 is 5.11 Å². The van der Waals surface area contributed by atoms with Gasteiger partial charge in [0, 0.05) is 38.3 Å². The van der Waals surface area contributed by atoms with Gasteiger partial charge in [0.2, 0.25) is 0 Å². The summed E-state index contributed by atoms with van der Waals surface area (Å²) in [5.41, 5.74) is 6.93. The number of hydrogen-bond acceptors (Lipinski definition) is 6. The van der Waals surface area contributed by atoms with Gasteiger partial charge in [0.15, 0.2) is 5.82 Å². The number of aliphatic hydroxyl groups excluding tert-OH is 1. The summed E-state index contributed by atoms with van der Waals surface area (Å²) in [6.45, 7) is 2.74. The minimum atomic E-state index is 0.182. The summed E-state index contributed by atoms with van der Waals surface area (Å²) in [7, 11) is 0. The Morgan fingerprint density at radius 2 is 2.47 bits per heavy atom. The molecule has 6 nitrogen and oxygen atoms in total. The summed E-state index contributed by atoms with van der Waals surface area (Å²) in [6, 6.07) is 2.23. The number of nitrogens with zero attached hydrogens (tertiary/aromatic N) is 3. The van der Waals surface area contributed by atoms with Crippen molar-refractivity contribution >= 4 is 11.5 Å². The van der Waals surface area contributed by atoms with Gasteiger partial charge >= 0.3 is 0 Å². The van der Waals surface area contributed by atoms with Crippen molar-refractivity contribution in [2.75, 3.05) is 36.5 Å². The van der Waals surface area contributed by atoms with E-state index in [1.54, 1.807) is 6.20 Å². The first-order valence-corrected chi connectivity index (χ1v) is 5.97. The van der Waals surface area contributed by atoms with Crippen LogP contribution in [0.15, 0.2) is 12.3 Å². The van der Waals surface area contributed by atoms with Crippen LogP contribution in [0.3, 0.4) is 0 Å². The van der Waals surface area contributed by atoms with Crippen molar-refractivity contribution in [2.24, 2.45) is 5.73 Å². The fourth-order valence-electron chi connectivity index (χ4n) is 1.93. The molecule has 0 radical (unpaired) electrons. The molecule has 1 aromatic rings. The van der Waals surface area contributed by atoms with Crippen molar-refractivity contribution in [1.82, 2.24) is 10.2 Å². The van der Waals surface area contributed by atoms with Gasteiger partial charge in [-0.1, -0.05) is 0 Å². The summed E-state index contributed by atoms with van der Waals surface area (Å²) >= 11 is 0. The highest BCUT2D eigenvalue weighted by Gasteiger charge is 2.19. The third-order valence-corrected chi connectivity index (χ3v) is 2.87. The van der Waals surface area contributed by atoms with E-state index in [0.29, 0.717) is 13.0 Å². The maximum atomic E-state index is 8.70. The number of aliphatic hydroxyl groups is 1. The van der Waals surface area contributed by atoms with Gasteiger partial charge in [-0.15, -0.1) is 5.10 Å². The van der Waals surface area contributed by atoms with E-state index in [9.17, 15) is 0 Å². The zero-order valence-corrected chi connectivity index (χ0v) is 9.84. The molecule has 1 atom stereocenters. The fourth-order valence-corrected chi connectivity index (χ4v) is 1.93. The first kappa shape index (κ1) is 12.1. The third kappa shape index (κ3) is 3.28. The predicted molar refractivity (Wildman–Crippen MR) is 67.0 cm³/mol. The number of nitrogens with one attached hydrogen (secondary N) is 1. The Morgan fingerprint density at radius 3 is 3.18 bits per heavy atom. The molecule has 1 aliphatic heterocycles. The monoisotopic (exact) mass is 237 g/mol. The zero-order chi connectivity index (χ0) is 12.1. The average molecular weight is 237 g/mol. The molecule has 2 rings (SSSR count). The highest BCUT2D eigenvalue weighted by atomic mass is 16.3. The average Bonchev–Trinajstić information content (AvgIpc) is 2.77. The summed E-state index contributed by atoms with van der Waals surface area (Å²) in [6.07, 6.45) is 3.49. The molecule has 0 spiro atoms. The van der Waals surface area contributed by atoms with Crippen molar-refractivity contribution in [2.45, 2.75) is 18.9 Å². The molecule has 0 aromatic carbocycles. The van der Waals surface area contributed by atoms with Crippen molar-refractivity contribution in [3.8, 4) is 0 Å². The summed E-state index contributed by atoms with van der Waals surface area (Å²) in [4.78, 5) is 2.22. The number of hydrogen-bond donors (Lipinski definition) is 3. The minimum absolute atomic E-state index is 0.182.